The van der Waals surface area contributed by atoms with E-state index in [1.165, 1.54) is 0 Å². The van der Waals surface area contributed by atoms with Crippen molar-refractivity contribution in [3.63, 3.8) is 0 Å². The van der Waals surface area contributed by atoms with Gasteiger partial charge in [-0.05, 0) is 27.7 Å². The fourth-order valence-electron chi connectivity index (χ4n) is 0.422. The van der Waals surface area contributed by atoms with Crippen molar-refractivity contribution in [1.82, 2.24) is 3.69 Å². The van der Waals surface area contributed by atoms with Crippen LogP contribution < -0.4 is 9.43 Å². The van der Waals surface area contributed by atoms with Gasteiger partial charge in [0.25, 0.3) is 0 Å². The lowest BCUT2D eigenvalue weighted by atomic mass is 10.1. The number of nitrogens with zero attached hydrogens (tertiary/aromatic N) is 1. The second-order valence-corrected chi connectivity index (χ2v) is 3.58. The Morgan fingerprint density at radius 3 is 2.55 bits per heavy atom. The first kappa shape index (κ1) is 11.2. The van der Waals surface area contributed by atoms with Gasteiger partial charge in [0.15, 0.2) is 0 Å². The standard InChI is InChI=1S/C6H14IN3O/c1-5(2)6(8,9-4)11-10-7-3/h5,10H,3-4,8H2,1-2H3. The van der Waals surface area contributed by atoms with Crippen LogP contribution in [0.15, 0.2) is 4.99 Å². The van der Waals surface area contributed by atoms with Gasteiger partial charge < -0.3 is 0 Å². The number of aliphatic imine (C=N–C) groups is 1. The molecule has 3 N–H and O–H groups in total. The highest BCUT2D eigenvalue weighted by molar-refractivity contribution is 14.2. The second-order valence-electron chi connectivity index (χ2n) is 2.38. The lowest BCUT2D eigenvalue weighted by Crippen LogP contribution is -2.47. The minimum Gasteiger partial charge on any atom is -0.283 e. The number of nitrogens with two attached hydrogens (primary N) is 1. The lowest BCUT2D eigenvalue weighted by molar-refractivity contribution is -0.0840. The van der Waals surface area contributed by atoms with Gasteiger partial charge in [-0.2, -0.15) is 0 Å². The van der Waals surface area contributed by atoms with Crippen LogP contribution in [-0.2, 0) is 4.84 Å². The van der Waals surface area contributed by atoms with Crippen LogP contribution in [0.4, 0.5) is 0 Å². The van der Waals surface area contributed by atoms with E-state index in [9.17, 15) is 0 Å². The van der Waals surface area contributed by atoms with Crippen molar-refractivity contribution in [3.8, 4) is 0 Å². The van der Waals surface area contributed by atoms with E-state index < -0.39 is 5.85 Å². The highest BCUT2D eigenvalue weighted by Gasteiger charge is 2.28. The molecule has 0 radical (unpaired) electrons. The van der Waals surface area contributed by atoms with Gasteiger partial charge in [0, 0.05) is 5.92 Å². The monoisotopic (exact) mass is 271 g/mol. The zero-order valence-corrected chi connectivity index (χ0v) is 8.96. The molecule has 0 heterocycles. The first-order valence-electron chi connectivity index (χ1n) is 3.14. The number of rotatable bonds is 5. The molecule has 0 spiro atoms. The summed E-state index contributed by atoms with van der Waals surface area (Å²) in [7, 11) is 0. The van der Waals surface area contributed by atoms with Crippen LogP contribution in [0.2, 0.25) is 0 Å². The number of nitrogens with one attached hydrogen (secondary N) is 1. The molecule has 0 rings (SSSR count). The molecule has 0 aliphatic heterocycles. The van der Waals surface area contributed by atoms with Crippen LogP contribution in [0.5, 0.6) is 0 Å². The van der Waals surface area contributed by atoms with Gasteiger partial charge in [-0.3, -0.25) is 10.7 Å². The molecule has 4 nitrogen and oxygen atoms in total. The van der Waals surface area contributed by atoms with Crippen LogP contribution >= 0.6 is 21.0 Å². The first-order valence-corrected chi connectivity index (χ1v) is 5.74. The highest BCUT2D eigenvalue weighted by atomic mass is 127. The molecule has 0 aromatic carbocycles. The zero-order chi connectivity index (χ0) is 8.91. The van der Waals surface area contributed by atoms with E-state index in [0.717, 1.165) is 0 Å². The topological polar surface area (TPSA) is 59.6 Å². The Morgan fingerprint density at radius 2 is 2.27 bits per heavy atom. The normalized spacial score (nSPS) is 16.4. The summed E-state index contributed by atoms with van der Waals surface area (Å²) in [6, 6.07) is 0. The molecule has 0 saturated heterocycles. The van der Waals surface area contributed by atoms with Crippen molar-refractivity contribution in [1.29, 1.82) is 0 Å². The molecule has 11 heavy (non-hydrogen) atoms. The van der Waals surface area contributed by atoms with Gasteiger partial charge in [0.05, 0.1) is 0 Å². The largest absolute Gasteiger partial charge is 0.283 e. The van der Waals surface area contributed by atoms with Crippen molar-refractivity contribution < 1.29 is 4.84 Å². The third kappa shape index (κ3) is 3.37. The van der Waals surface area contributed by atoms with Crippen LogP contribution in [-0.4, -0.2) is 17.1 Å². The molecule has 0 aliphatic rings. The second kappa shape index (κ2) is 4.91. The Hall–Kier alpha value is 0.150. The van der Waals surface area contributed by atoms with Gasteiger partial charge in [-0.25, -0.2) is 4.84 Å². The molecular formula is C6H14IN3O. The molecule has 1 unspecified atom stereocenters. The summed E-state index contributed by atoms with van der Waals surface area (Å²) in [4.78, 5) is 8.76. The van der Waals surface area contributed by atoms with E-state index in [1.54, 1.807) is 0 Å². The first-order chi connectivity index (χ1) is 5.06. The summed E-state index contributed by atoms with van der Waals surface area (Å²) in [6.45, 7) is 7.19. The molecule has 5 heteroatoms. The molecule has 0 saturated carbocycles. The van der Waals surface area contributed by atoms with Crippen molar-refractivity contribution >= 4 is 32.2 Å². The van der Waals surface area contributed by atoms with Crippen molar-refractivity contribution in [2.45, 2.75) is 19.7 Å². The molecule has 1 atom stereocenters. The van der Waals surface area contributed by atoms with Gasteiger partial charge in [0.2, 0.25) is 5.85 Å². The minimum atomic E-state index is -1.02. The van der Waals surface area contributed by atoms with Crippen LogP contribution in [0.25, 0.3) is 0 Å². The zero-order valence-electron chi connectivity index (χ0n) is 6.80. The SMILES string of the molecule is C=NC(N)(ONI=C)C(C)C. The molecular weight excluding hydrogens is 257 g/mol. The fourth-order valence-corrected chi connectivity index (χ4v) is 0.930. The third-order valence-corrected chi connectivity index (χ3v) is 1.86. The molecule has 0 fully saturated rings. The summed E-state index contributed by atoms with van der Waals surface area (Å²) >= 11 is -0.380. The quantitative estimate of drug-likeness (QED) is 0.255. The maximum atomic E-state index is 5.70. The number of halogens is 1. The highest BCUT2D eigenvalue weighted by Crippen LogP contribution is 2.15. The summed E-state index contributed by atoms with van der Waals surface area (Å²) < 4.78 is 6.30. The average molecular weight is 271 g/mol. The predicted molar refractivity (Wildman–Crippen MR) is 56.7 cm³/mol. The molecule has 0 aromatic heterocycles. The summed E-state index contributed by atoms with van der Waals surface area (Å²) in [5, 5.41) is 0. The van der Waals surface area contributed by atoms with E-state index in [2.05, 4.69) is 19.9 Å². The summed E-state index contributed by atoms with van der Waals surface area (Å²) in [6.07, 6.45) is 0. The predicted octanol–water partition coefficient (Wildman–Crippen LogP) is 0.794. The van der Waals surface area contributed by atoms with Gasteiger partial charge in [0.1, 0.15) is 0 Å². The smallest absolute Gasteiger partial charge is 0.233 e. The Balaban J connectivity index is 4.09. The maximum absolute atomic E-state index is 5.70. The number of hydrogen-bond donors (Lipinski definition) is 2. The molecule has 0 bridgehead atoms. The molecule has 0 amide bonds. The van der Waals surface area contributed by atoms with Gasteiger partial charge >= 0.3 is 0 Å². The van der Waals surface area contributed by atoms with Gasteiger partial charge in [-0.15, -0.1) is 3.69 Å². The van der Waals surface area contributed by atoms with Crippen molar-refractivity contribution in [2.24, 2.45) is 16.6 Å². The lowest BCUT2D eigenvalue weighted by Gasteiger charge is -2.26. The fraction of sp³-hybridized carbons (Fsp3) is 0.667. The van der Waals surface area contributed by atoms with Crippen LogP contribution in [0.1, 0.15) is 13.8 Å². The van der Waals surface area contributed by atoms with Crippen LogP contribution in [0.3, 0.4) is 0 Å². The Bertz CT molecular complexity index is 151. The van der Waals surface area contributed by atoms with Gasteiger partial charge in [-0.1, -0.05) is 18.4 Å². The van der Waals surface area contributed by atoms with Crippen molar-refractivity contribution in [3.05, 3.63) is 0 Å². The Morgan fingerprint density at radius 1 is 1.73 bits per heavy atom. The molecule has 0 aliphatic carbocycles. The van der Waals surface area contributed by atoms with Crippen LogP contribution in [0, 0.1) is 5.92 Å². The Kier molecular flexibility index (Phi) is 4.98. The average Bonchev–Trinajstić information content (AvgIpc) is 2.00. The Labute approximate surface area is 77.3 Å². The third-order valence-electron chi connectivity index (χ3n) is 1.33. The van der Waals surface area contributed by atoms with Crippen molar-refractivity contribution in [2.75, 3.05) is 0 Å². The minimum absolute atomic E-state index is 0.0862. The van der Waals surface area contributed by atoms with E-state index in [4.69, 9.17) is 10.6 Å². The van der Waals surface area contributed by atoms with E-state index in [1.807, 2.05) is 13.8 Å². The molecule has 0 aromatic rings. The van der Waals surface area contributed by atoms with E-state index >= 15 is 0 Å². The summed E-state index contributed by atoms with van der Waals surface area (Å²) in [5.41, 5.74) is 5.70. The number of hydrogen-bond acceptors (Lipinski definition) is 4. The van der Waals surface area contributed by atoms with E-state index in [-0.39, 0.29) is 26.9 Å². The van der Waals surface area contributed by atoms with E-state index in [0.29, 0.717) is 0 Å². The maximum Gasteiger partial charge on any atom is 0.233 e. The molecule has 66 valence electrons. The summed E-state index contributed by atoms with van der Waals surface area (Å²) in [5.74, 6) is -0.930.